The van der Waals surface area contributed by atoms with E-state index >= 15 is 0 Å². The third-order valence-corrected chi connectivity index (χ3v) is 3.80. The van der Waals surface area contributed by atoms with Gasteiger partial charge in [0.15, 0.2) is 0 Å². The summed E-state index contributed by atoms with van der Waals surface area (Å²) in [5.41, 5.74) is -0.325. The Morgan fingerprint density at radius 1 is 1.29 bits per heavy atom. The number of hydrogen-bond donors (Lipinski definition) is 1. The monoisotopic (exact) mass is 291 g/mol. The van der Waals surface area contributed by atoms with Gasteiger partial charge in [-0.3, -0.25) is 9.59 Å². The second kappa shape index (κ2) is 5.55. The highest BCUT2D eigenvalue weighted by Gasteiger charge is 2.43. The first-order valence-electron chi connectivity index (χ1n) is 6.58. The molecule has 1 amide bonds. The zero-order chi connectivity index (χ0) is 15.6. The average Bonchev–Trinajstić information content (AvgIpc) is 2.89. The van der Waals surface area contributed by atoms with Crippen LogP contribution in [-0.4, -0.2) is 48.1 Å². The molecule has 0 aromatic heterocycles. The minimum absolute atomic E-state index is 0.0655. The maximum absolute atomic E-state index is 12.4. The molecule has 1 atom stereocenters. The van der Waals surface area contributed by atoms with Gasteiger partial charge in [-0.1, -0.05) is 6.07 Å². The standard InChI is InChI=1S/C15H17NO5/c1-15(14(20)21-2)6-7-16(9-15)12(17)10-4-3-5-11(8-10)13(18)19/h3-5,8H,6-7,9H2,1-2H3,(H,18,19). The molecule has 1 heterocycles. The molecule has 1 aliphatic heterocycles. The summed E-state index contributed by atoms with van der Waals surface area (Å²) in [7, 11) is 1.33. The summed E-state index contributed by atoms with van der Waals surface area (Å²) in [6, 6.07) is 5.88. The van der Waals surface area contributed by atoms with E-state index in [1.807, 2.05) is 0 Å². The number of amides is 1. The van der Waals surface area contributed by atoms with Crippen molar-refractivity contribution in [3.63, 3.8) is 0 Å². The van der Waals surface area contributed by atoms with Crippen molar-refractivity contribution < 1.29 is 24.2 Å². The molecule has 21 heavy (non-hydrogen) atoms. The first-order chi connectivity index (χ1) is 9.87. The maximum atomic E-state index is 12.4. The molecule has 0 spiro atoms. The Labute approximate surface area is 122 Å². The number of hydrogen-bond acceptors (Lipinski definition) is 4. The van der Waals surface area contributed by atoms with Gasteiger partial charge in [-0.15, -0.1) is 0 Å². The first-order valence-corrected chi connectivity index (χ1v) is 6.58. The van der Waals surface area contributed by atoms with Crippen LogP contribution in [0.1, 0.15) is 34.1 Å². The summed E-state index contributed by atoms with van der Waals surface area (Å²) < 4.78 is 4.77. The van der Waals surface area contributed by atoms with Crippen molar-refractivity contribution in [3.05, 3.63) is 35.4 Å². The Hall–Kier alpha value is -2.37. The molecular weight excluding hydrogens is 274 g/mol. The fraction of sp³-hybridized carbons (Fsp3) is 0.400. The van der Waals surface area contributed by atoms with E-state index in [0.29, 0.717) is 18.5 Å². The van der Waals surface area contributed by atoms with E-state index in [9.17, 15) is 14.4 Å². The normalized spacial score (nSPS) is 21.1. The highest BCUT2D eigenvalue weighted by atomic mass is 16.5. The first kappa shape index (κ1) is 15.0. The molecule has 1 unspecified atom stereocenters. The van der Waals surface area contributed by atoms with Crippen LogP contribution in [0.25, 0.3) is 0 Å². The number of carbonyl (C=O) groups is 3. The Kier molecular flexibility index (Phi) is 3.97. The smallest absolute Gasteiger partial charge is 0.335 e. The van der Waals surface area contributed by atoms with E-state index in [-0.39, 0.29) is 24.0 Å². The highest BCUT2D eigenvalue weighted by molar-refractivity contribution is 5.98. The summed E-state index contributed by atoms with van der Waals surface area (Å²) in [5, 5.41) is 8.96. The van der Waals surface area contributed by atoms with Crippen molar-refractivity contribution >= 4 is 17.8 Å². The average molecular weight is 291 g/mol. The lowest BCUT2D eigenvalue weighted by atomic mass is 9.90. The summed E-state index contributed by atoms with van der Waals surface area (Å²) >= 11 is 0. The number of esters is 1. The van der Waals surface area contributed by atoms with Crippen LogP contribution in [0.5, 0.6) is 0 Å². The summed E-state index contributed by atoms with van der Waals surface area (Å²) in [6.07, 6.45) is 0.532. The molecule has 0 saturated carbocycles. The Morgan fingerprint density at radius 3 is 2.57 bits per heavy atom. The maximum Gasteiger partial charge on any atom is 0.335 e. The molecule has 0 radical (unpaired) electrons. The number of aromatic carboxylic acids is 1. The quantitative estimate of drug-likeness (QED) is 0.851. The summed E-state index contributed by atoms with van der Waals surface area (Å²) in [5.74, 6) is -1.69. The molecule has 0 bridgehead atoms. The zero-order valence-electron chi connectivity index (χ0n) is 12.0. The number of carboxylic acids is 1. The van der Waals surface area contributed by atoms with Crippen molar-refractivity contribution in [3.8, 4) is 0 Å². The van der Waals surface area contributed by atoms with Gasteiger partial charge >= 0.3 is 11.9 Å². The summed E-state index contributed by atoms with van der Waals surface area (Å²) in [4.78, 5) is 36.6. The largest absolute Gasteiger partial charge is 0.478 e. The van der Waals surface area contributed by atoms with Crippen LogP contribution in [0.2, 0.25) is 0 Å². The third-order valence-electron chi connectivity index (χ3n) is 3.80. The molecule has 1 aromatic rings. The minimum Gasteiger partial charge on any atom is -0.478 e. The van der Waals surface area contributed by atoms with Gasteiger partial charge in [0.1, 0.15) is 0 Å². The predicted molar refractivity (Wildman–Crippen MR) is 74.0 cm³/mol. The molecule has 1 N–H and O–H groups in total. The van der Waals surface area contributed by atoms with Crippen molar-refractivity contribution in [1.29, 1.82) is 0 Å². The van der Waals surface area contributed by atoms with Crippen LogP contribution in [0, 0.1) is 5.41 Å². The molecule has 1 saturated heterocycles. The van der Waals surface area contributed by atoms with Crippen LogP contribution in [0.15, 0.2) is 24.3 Å². The van der Waals surface area contributed by atoms with Gasteiger partial charge in [-0.25, -0.2) is 4.79 Å². The van der Waals surface area contributed by atoms with Crippen molar-refractivity contribution in [2.45, 2.75) is 13.3 Å². The molecule has 112 valence electrons. The number of ether oxygens (including phenoxy) is 1. The van der Waals surface area contributed by atoms with Gasteiger partial charge < -0.3 is 14.7 Å². The Bertz CT molecular complexity index is 597. The van der Waals surface area contributed by atoms with E-state index in [1.54, 1.807) is 17.9 Å². The fourth-order valence-corrected chi connectivity index (χ4v) is 2.52. The van der Waals surface area contributed by atoms with Crippen LogP contribution in [0.4, 0.5) is 0 Å². The van der Waals surface area contributed by atoms with Crippen molar-refractivity contribution in [1.82, 2.24) is 4.90 Å². The van der Waals surface area contributed by atoms with Crippen LogP contribution in [-0.2, 0) is 9.53 Å². The lowest BCUT2D eigenvalue weighted by Crippen LogP contribution is -2.35. The molecule has 2 rings (SSSR count). The van der Waals surface area contributed by atoms with Gasteiger partial charge in [0.25, 0.3) is 5.91 Å². The number of nitrogens with zero attached hydrogens (tertiary/aromatic N) is 1. The number of methoxy groups -OCH3 is 1. The van der Waals surface area contributed by atoms with Gasteiger partial charge in [0.2, 0.25) is 0 Å². The molecule has 1 aromatic carbocycles. The van der Waals surface area contributed by atoms with Crippen LogP contribution < -0.4 is 0 Å². The fourth-order valence-electron chi connectivity index (χ4n) is 2.52. The number of benzene rings is 1. The molecule has 0 aliphatic carbocycles. The van der Waals surface area contributed by atoms with Crippen LogP contribution >= 0.6 is 0 Å². The Morgan fingerprint density at radius 2 is 1.95 bits per heavy atom. The zero-order valence-corrected chi connectivity index (χ0v) is 12.0. The molecule has 1 fully saturated rings. The molecular formula is C15H17NO5. The number of rotatable bonds is 3. The number of likely N-dealkylation sites (tertiary alicyclic amines) is 1. The SMILES string of the molecule is COC(=O)C1(C)CCN(C(=O)c2cccc(C(=O)O)c2)C1. The minimum atomic E-state index is -1.08. The van der Waals surface area contributed by atoms with Gasteiger partial charge in [0.05, 0.1) is 18.1 Å². The van der Waals surface area contributed by atoms with E-state index in [2.05, 4.69) is 0 Å². The van der Waals surface area contributed by atoms with Gasteiger partial charge in [0, 0.05) is 18.7 Å². The molecule has 6 heteroatoms. The van der Waals surface area contributed by atoms with E-state index in [0.717, 1.165) is 0 Å². The lowest BCUT2D eigenvalue weighted by Gasteiger charge is -2.21. The Balaban J connectivity index is 2.17. The van der Waals surface area contributed by atoms with Gasteiger partial charge in [-0.05, 0) is 31.5 Å². The second-order valence-corrected chi connectivity index (χ2v) is 5.41. The van der Waals surface area contributed by atoms with Crippen LogP contribution in [0.3, 0.4) is 0 Å². The second-order valence-electron chi connectivity index (χ2n) is 5.41. The van der Waals surface area contributed by atoms with Crippen molar-refractivity contribution in [2.75, 3.05) is 20.2 Å². The molecule has 6 nitrogen and oxygen atoms in total. The third kappa shape index (κ3) is 2.89. The van der Waals surface area contributed by atoms with Gasteiger partial charge in [-0.2, -0.15) is 0 Å². The lowest BCUT2D eigenvalue weighted by molar-refractivity contribution is -0.150. The number of carbonyl (C=O) groups excluding carboxylic acids is 2. The highest BCUT2D eigenvalue weighted by Crippen LogP contribution is 2.32. The van der Waals surface area contributed by atoms with E-state index in [1.165, 1.54) is 25.3 Å². The van der Waals surface area contributed by atoms with Crippen molar-refractivity contribution in [2.24, 2.45) is 5.41 Å². The number of carboxylic acid groups (broad SMARTS) is 1. The summed E-state index contributed by atoms with van der Waals surface area (Å²) in [6.45, 7) is 2.48. The molecule has 1 aliphatic rings. The predicted octanol–water partition coefficient (Wildman–Crippen LogP) is 1.41. The van der Waals surface area contributed by atoms with E-state index in [4.69, 9.17) is 9.84 Å². The topological polar surface area (TPSA) is 83.9 Å². The van der Waals surface area contributed by atoms with E-state index < -0.39 is 11.4 Å².